The average Bonchev–Trinajstić information content (AvgIpc) is 2.38. The fourth-order valence-electron chi connectivity index (χ4n) is 2.16. The lowest BCUT2D eigenvalue weighted by Gasteiger charge is -2.16. The van der Waals surface area contributed by atoms with Gasteiger partial charge in [-0.3, -0.25) is 0 Å². The van der Waals surface area contributed by atoms with Crippen molar-refractivity contribution in [2.45, 2.75) is 19.6 Å². The third kappa shape index (κ3) is 3.14. The third-order valence-corrected chi connectivity index (χ3v) is 3.19. The minimum absolute atomic E-state index is 0. The number of nitrogens with two attached hydrogens (primary N) is 1. The summed E-state index contributed by atoms with van der Waals surface area (Å²) in [5.74, 6) is 0. The Morgan fingerprint density at radius 1 is 0.950 bits per heavy atom. The van der Waals surface area contributed by atoms with Crippen LogP contribution in [0.2, 0.25) is 0 Å². The van der Waals surface area contributed by atoms with E-state index in [1.54, 1.807) is 25.1 Å². The van der Waals surface area contributed by atoms with E-state index in [9.17, 15) is 13.2 Å². The Kier molecular flexibility index (Phi) is 5.20. The van der Waals surface area contributed by atoms with Crippen LogP contribution in [0.3, 0.4) is 0 Å². The molecular weight excluding hydrogens is 287 g/mol. The summed E-state index contributed by atoms with van der Waals surface area (Å²) in [5.41, 5.74) is 7.41. The summed E-state index contributed by atoms with van der Waals surface area (Å²) in [6.45, 7) is 2.11. The lowest BCUT2D eigenvalue weighted by atomic mass is 9.93. The molecule has 1 nitrogen and oxygen atoms in total. The van der Waals surface area contributed by atoms with E-state index in [0.717, 1.165) is 17.2 Å². The van der Waals surface area contributed by atoms with E-state index in [1.807, 2.05) is 6.07 Å². The molecule has 0 radical (unpaired) electrons. The van der Waals surface area contributed by atoms with Crippen molar-refractivity contribution in [3.63, 3.8) is 0 Å². The zero-order chi connectivity index (χ0) is 14.0. The summed E-state index contributed by atoms with van der Waals surface area (Å²) in [6.07, 6.45) is -4.36. The first-order valence-electron chi connectivity index (χ1n) is 5.90. The molecule has 0 bridgehead atoms. The third-order valence-electron chi connectivity index (χ3n) is 3.19. The van der Waals surface area contributed by atoms with Gasteiger partial charge in [-0.2, -0.15) is 13.2 Å². The normalized spacial score (nSPS) is 11.1. The Balaban J connectivity index is 0.00000200. The predicted molar refractivity (Wildman–Crippen MR) is 76.8 cm³/mol. The van der Waals surface area contributed by atoms with Gasteiger partial charge in [-0.25, -0.2) is 0 Å². The van der Waals surface area contributed by atoms with E-state index in [1.165, 1.54) is 12.1 Å². The molecule has 2 N–H and O–H groups in total. The summed E-state index contributed by atoms with van der Waals surface area (Å²) >= 11 is 0. The number of halogens is 4. The second kappa shape index (κ2) is 6.29. The van der Waals surface area contributed by atoms with Crippen LogP contribution in [0.25, 0.3) is 11.1 Å². The van der Waals surface area contributed by atoms with E-state index in [2.05, 4.69) is 0 Å². The fraction of sp³-hybridized carbons (Fsp3) is 0.200. The molecule has 0 saturated carbocycles. The molecule has 108 valence electrons. The Morgan fingerprint density at radius 2 is 1.55 bits per heavy atom. The van der Waals surface area contributed by atoms with Crippen LogP contribution in [0.1, 0.15) is 16.7 Å². The molecular formula is C15H15ClF3N. The highest BCUT2D eigenvalue weighted by atomic mass is 35.5. The van der Waals surface area contributed by atoms with E-state index < -0.39 is 11.7 Å². The summed E-state index contributed by atoms with van der Waals surface area (Å²) in [6, 6.07) is 10.9. The van der Waals surface area contributed by atoms with Crippen molar-refractivity contribution in [2.24, 2.45) is 5.73 Å². The van der Waals surface area contributed by atoms with Gasteiger partial charge in [0, 0.05) is 6.54 Å². The Labute approximate surface area is 122 Å². The highest BCUT2D eigenvalue weighted by Gasteiger charge is 2.33. The van der Waals surface area contributed by atoms with Crippen molar-refractivity contribution in [2.75, 3.05) is 0 Å². The Morgan fingerprint density at radius 3 is 2.15 bits per heavy atom. The number of hydrogen-bond donors (Lipinski definition) is 1. The molecule has 0 unspecified atom stereocenters. The van der Waals surface area contributed by atoms with E-state index in [4.69, 9.17) is 5.73 Å². The molecule has 0 spiro atoms. The van der Waals surface area contributed by atoms with Crippen LogP contribution in [-0.2, 0) is 12.7 Å². The highest BCUT2D eigenvalue weighted by molar-refractivity contribution is 5.85. The number of hydrogen-bond acceptors (Lipinski definition) is 1. The molecule has 0 aliphatic carbocycles. The maximum absolute atomic E-state index is 13.0. The molecule has 2 aromatic rings. The molecule has 20 heavy (non-hydrogen) atoms. The maximum Gasteiger partial charge on any atom is 0.417 e. The fourth-order valence-corrected chi connectivity index (χ4v) is 2.16. The van der Waals surface area contributed by atoms with Gasteiger partial charge in [-0.1, -0.05) is 36.4 Å². The maximum atomic E-state index is 13.0. The largest absolute Gasteiger partial charge is 0.417 e. The zero-order valence-electron chi connectivity index (χ0n) is 10.9. The second-order valence-electron chi connectivity index (χ2n) is 4.34. The van der Waals surface area contributed by atoms with Crippen LogP contribution >= 0.6 is 12.4 Å². The molecule has 0 aliphatic heterocycles. The van der Waals surface area contributed by atoms with Gasteiger partial charge in [0.1, 0.15) is 0 Å². The van der Waals surface area contributed by atoms with Crippen LogP contribution in [0.4, 0.5) is 13.2 Å². The van der Waals surface area contributed by atoms with Crippen molar-refractivity contribution in [1.82, 2.24) is 0 Å². The van der Waals surface area contributed by atoms with E-state index in [-0.39, 0.29) is 18.0 Å². The first-order chi connectivity index (χ1) is 8.95. The van der Waals surface area contributed by atoms with Crippen LogP contribution in [-0.4, -0.2) is 0 Å². The molecule has 5 heteroatoms. The number of benzene rings is 2. The Hall–Kier alpha value is -1.52. The van der Waals surface area contributed by atoms with Crippen LogP contribution in [0.15, 0.2) is 42.5 Å². The minimum atomic E-state index is -4.36. The summed E-state index contributed by atoms with van der Waals surface area (Å²) in [4.78, 5) is 0. The standard InChI is InChI=1S/C15H14F3N.ClH/c1-10-11(9-19)5-4-7-12(10)13-6-2-3-8-14(13)15(16,17)18;/h2-8H,9,19H2,1H3;1H. The van der Waals surface area contributed by atoms with Gasteiger partial charge in [0.25, 0.3) is 0 Å². The number of alkyl halides is 3. The van der Waals surface area contributed by atoms with Gasteiger partial charge in [0.2, 0.25) is 0 Å². The monoisotopic (exact) mass is 301 g/mol. The molecule has 2 aromatic carbocycles. The van der Waals surface area contributed by atoms with Crippen LogP contribution in [0.5, 0.6) is 0 Å². The van der Waals surface area contributed by atoms with Gasteiger partial charge in [0.05, 0.1) is 5.56 Å². The Bertz CT molecular complexity index is 594. The minimum Gasteiger partial charge on any atom is -0.326 e. The van der Waals surface area contributed by atoms with Crippen molar-refractivity contribution in [3.8, 4) is 11.1 Å². The van der Waals surface area contributed by atoms with Crippen LogP contribution < -0.4 is 5.73 Å². The quantitative estimate of drug-likeness (QED) is 0.864. The first kappa shape index (κ1) is 16.5. The average molecular weight is 302 g/mol. The summed E-state index contributed by atoms with van der Waals surface area (Å²) in [7, 11) is 0. The van der Waals surface area contributed by atoms with Crippen LogP contribution in [0, 0.1) is 6.92 Å². The molecule has 0 heterocycles. The summed E-state index contributed by atoms with van der Waals surface area (Å²) in [5, 5.41) is 0. The topological polar surface area (TPSA) is 26.0 Å². The van der Waals surface area contributed by atoms with Gasteiger partial charge in [-0.05, 0) is 35.2 Å². The van der Waals surface area contributed by atoms with Gasteiger partial charge < -0.3 is 5.73 Å². The number of rotatable bonds is 2. The lowest BCUT2D eigenvalue weighted by molar-refractivity contribution is -0.137. The molecule has 0 aromatic heterocycles. The second-order valence-corrected chi connectivity index (χ2v) is 4.34. The van der Waals surface area contributed by atoms with Gasteiger partial charge in [0.15, 0.2) is 0 Å². The van der Waals surface area contributed by atoms with Crippen molar-refractivity contribution >= 4 is 12.4 Å². The predicted octanol–water partition coefficient (Wildman–Crippen LogP) is 4.56. The summed E-state index contributed by atoms with van der Waals surface area (Å²) < 4.78 is 39.1. The molecule has 0 saturated heterocycles. The van der Waals surface area contributed by atoms with Crippen molar-refractivity contribution in [1.29, 1.82) is 0 Å². The zero-order valence-corrected chi connectivity index (χ0v) is 11.7. The molecule has 0 amide bonds. The van der Waals surface area contributed by atoms with Gasteiger partial charge in [-0.15, -0.1) is 12.4 Å². The highest BCUT2D eigenvalue weighted by Crippen LogP contribution is 2.38. The van der Waals surface area contributed by atoms with Gasteiger partial charge >= 0.3 is 6.18 Å². The molecule has 0 aliphatic rings. The molecule has 0 atom stereocenters. The van der Waals surface area contributed by atoms with E-state index in [0.29, 0.717) is 12.1 Å². The smallest absolute Gasteiger partial charge is 0.326 e. The first-order valence-corrected chi connectivity index (χ1v) is 5.90. The molecule has 2 rings (SSSR count). The lowest BCUT2D eigenvalue weighted by Crippen LogP contribution is -2.08. The SMILES string of the molecule is Cc1c(CN)cccc1-c1ccccc1C(F)(F)F.Cl. The van der Waals surface area contributed by atoms with E-state index >= 15 is 0 Å². The van der Waals surface area contributed by atoms with Crippen molar-refractivity contribution < 1.29 is 13.2 Å². The molecule has 0 fully saturated rings. The van der Waals surface area contributed by atoms with Crippen molar-refractivity contribution in [3.05, 3.63) is 59.2 Å².